The first-order valence-electron chi connectivity index (χ1n) is 14.5. The smallest absolute Gasteiger partial charge is 0.137 e. The maximum absolute atomic E-state index is 6.24. The van der Waals surface area contributed by atoms with Crippen LogP contribution in [0.2, 0.25) is 0 Å². The Kier molecular flexibility index (Phi) is 5.20. The van der Waals surface area contributed by atoms with E-state index in [0.717, 1.165) is 60.9 Å². The van der Waals surface area contributed by atoms with Crippen LogP contribution >= 0.6 is 0 Å². The Bertz CT molecular complexity index is 2450. The highest BCUT2D eigenvalue weighted by Gasteiger charge is 2.19. The van der Waals surface area contributed by atoms with Crippen molar-refractivity contribution in [2.75, 3.05) is 4.90 Å². The van der Waals surface area contributed by atoms with E-state index in [4.69, 9.17) is 8.83 Å². The topological polar surface area (TPSA) is 29.5 Å². The second-order valence-corrected chi connectivity index (χ2v) is 11.0. The molecule has 0 atom stereocenters. The fourth-order valence-corrected chi connectivity index (χ4v) is 6.40. The first-order chi connectivity index (χ1) is 21.3. The van der Waals surface area contributed by atoms with Crippen LogP contribution in [-0.2, 0) is 0 Å². The summed E-state index contributed by atoms with van der Waals surface area (Å²) in [6.45, 7) is 0. The molecule has 2 aromatic heterocycles. The molecule has 0 fully saturated rings. The van der Waals surface area contributed by atoms with Crippen LogP contribution < -0.4 is 4.90 Å². The lowest BCUT2D eigenvalue weighted by Gasteiger charge is -2.26. The number of para-hydroxylation sites is 3. The lowest BCUT2D eigenvalue weighted by molar-refractivity contribution is 0.669. The summed E-state index contributed by atoms with van der Waals surface area (Å²) in [6.07, 6.45) is 0. The van der Waals surface area contributed by atoms with E-state index >= 15 is 0 Å². The Morgan fingerprint density at radius 2 is 1.02 bits per heavy atom. The van der Waals surface area contributed by atoms with Gasteiger partial charge in [-0.3, -0.25) is 0 Å². The van der Waals surface area contributed by atoms with Gasteiger partial charge in [-0.1, -0.05) is 84.9 Å². The molecular weight excluding hydrogens is 526 g/mol. The molecule has 0 unspecified atom stereocenters. The van der Waals surface area contributed by atoms with Crippen molar-refractivity contribution < 1.29 is 8.83 Å². The van der Waals surface area contributed by atoms with Gasteiger partial charge in [-0.25, -0.2) is 0 Å². The average Bonchev–Trinajstić information content (AvgIpc) is 3.63. The second kappa shape index (κ2) is 9.37. The average molecular weight is 552 g/mol. The quantitative estimate of drug-likeness (QED) is 0.218. The summed E-state index contributed by atoms with van der Waals surface area (Å²) in [7, 11) is 0. The van der Waals surface area contributed by atoms with Crippen molar-refractivity contribution in [1.29, 1.82) is 0 Å². The molecule has 0 N–H and O–H groups in total. The Hall–Kier alpha value is -5.80. The summed E-state index contributed by atoms with van der Waals surface area (Å²) >= 11 is 0. The van der Waals surface area contributed by atoms with Crippen LogP contribution in [-0.4, -0.2) is 0 Å². The van der Waals surface area contributed by atoms with Gasteiger partial charge < -0.3 is 13.7 Å². The molecule has 2 heterocycles. The van der Waals surface area contributed by atoms with Crippen molar-refractivity contribution in [1.82, 2.24) is 0 Å². The number of fused-ring (bicyclic) bond motifs is 7. The number of furan rings is 2. The standard InChI is InChI=1S/C40H25NO2/c1-2-9-30(10-3-1)41(35-13-8-16-38-40(35)33-12-5-7-15-37(33)42-38)31-21-19-26(20-22-31)27-17-18-28-25-39-34(24-29(28)23-27)32-11-4-6-14-36(32)43-39/h1-25H. The van der Waals surface area contributed by atoms with E-state index in [1.165, 1.54) is 21.9 Å². The summed E-state index contributed by atoms with van der Waals surface area (Å²) in [4.78, 5) is 2.31. The summed E-state index contributed by atoms with van der Waals surface area (Å²) in [5.74, 6) is 0. The number of anilines is 3. The minimum absolute atomic E-state index is 0.881. The molecule has 0 aliphatic heterocycles. The first-order valence-corrected chi connectivity index (χ1v) is 14.5. The highest BCUT2D eigenvalue weighted by atomic mass is 16.3. The molecule has 0 aliphatic rings. The zero-order valence-corrected chi connectivity index (χ0v) is 23.2. The molecule has 0 saturated heterocycles. The Balaban J connectivity index is 1.16. The molecule has 0 aliphatic carbocycles. The highest BCUT2D eigenvalue weighted by molar-refractivity contribution is 6.13. The van der Waals surface area contributed by atoms with Gasteiger partial charge in [0.1, 0.15) is 22.3 Å². The van der Waals surface area contributed by atoms with E-state index in [1.54, 1.807) is 0 Å². The van der Waals surface area contributed by atoms with Gasteiger partial charge in [0.25, 0.3) is 0 Å². The zero-order valence-electron chi connectivity index (χ0n) is 23.2. The number of hydrogen-bond donors (Lipinski definition) is 0. The summed E-state index contributed by atoms with van der Waals surface area (Å²) < 4.78 is 12.4. The van der Waals surface area contributed by atoms with Crippen molar-refractivity contribution >= 4 is 71.7 Å². The molecule has 9 aromatic rings. The fourth-order valence-electron chi connectivity index (χ4n) is 6.40. The Morgan fingerprint density at radius 1 is 0.372 bits per heavy atom. The van der Waals surface area contributed by atoms with Gasteiger partial charge in [-0.05, 0) is 88.6 Å². The van der Waals surface area contributed by atoms with Crippen molar-refractivity contribution in [2.24, 2.45) is 0 Å². The van der Waals surface area contributed by atoms with Gasteiger partial charge in [0.05, 0.1) is 11.1 Å². The van der Waals surface area contributed by atoms with Gasteiger partial charge in [0, 0.05) is 27.5 Å². The molecule has 0 amide bonds. The van der Waals surface area contributed by atoms with Crippen molar-refractivity contribution in [2.45, 2.75) is 0 Å². The van der Waals surface area contributed by atoms with E-state index in [2.05, 4.69) is 126 Å². The van der Waals surface area contributed by atoms with Crippen LogP contribution in [0.3, 0.4) is 0 Å². The van der Waals surface area contributed by atoms with E-state index in [-0.39, 0.29) is 0 Å². The predicted molar refractivity (Wildman–Crippen MR) is 179 cm³/mol. The first kappa shape index (κ1) is 23.9. The molecule has 0 saturated carbocycles. The third-order valence-electron chi connectivity index (χ3n) is 8.43. The van der Waals surface area contributed by atoms with Crippen LogP contribution in [0.1, 0.15) is 0 Å². The van der Waals surface area contributed by atoms with Crippen LogP contribution in [0.4, 0.5) is 17.1 Å². The molecule has 3 nitrogen and oxygen atoms in total. The van der Waals surface area contributed by atoms with Crippen molar-refractivity contribution in [3.05, 3.63) is 152 Å². The second-order valence-electron chi connectivity index (χ2n) is 11.0. The largest absolute Gasteiger partial charge is 0.456 e. The minimum atomic E-state index is 0.881. The molecule has 202 valence electrons. The van der Waals surface area contributed by atoms with E-state index < -0.39 is 0 Å². The van der Waals surface area contributed by atoms with Gasteiger partial charge in [-0.15, -0.1) is 0 Å². The van der Waals surface area contributed by atoms with Gasteiger partial charge in [0.15, 0.2) is 0 Å². The maximum Gasteiger partial charge on any atom is 0.137 e. The van der Waals surface area contributed by atoms with Crippen LogP contribution in [0.5, 0.6) is 0 Å². The van der Waals surface area contributed by atoms with Crippen molar-refractivity contribution in [3.8, 4) is 11.1 Å². The SMILES string of the molecule is c1ccc(N(c2ccc(-c3ccc4cc5oc6ccccc6c5cc4c3)cc2)c2cccc3oc4ccccc4c23)cc1. The third-order valence-corrected chi connectivity index (χ3v) is 8.43. The molecule has 0 spiro atoms. The van der Waals surface area contributed by atoms with Crippen molar-refractivity contribution in [3.63, 3.8) is 0 Å². The van der Waals surface area contributed by atoms with E-state index in [9.17, 15) is 0 Å². The molecule has 3 heteroatoms. The fraction of sp³-hybridized carbons (Fsp3) is 0. The van der Waals surface area contributed by atoms with Crippen LogP contribution in [0, 0.1) is 0 Å². The third kappa shape index (κ3) is 3.83. The van der Waals surface area contributed by atoms with Crippen LogP contribution in [0.25, 0.3) is 65.8 Å². The Labute approximate surface area is 247 Å². The lowest BCUT2D eigenvalue weighted by atomic mass is 9.99. The summed E-state index contributed by atoms with van der Waals surface area (Å²) in [5.41, 5.74) is 9.23. The lowest BCUT2D eigenvalue weighted by Crippen LogP contribution is -2.10. The van der Waals surface area contributed by atoms with E-state index in [0.29, 0.717) is 0 Å². The van der Waals surface area contributed by atoms with Gasteiger partial charge in [0.2, 0.25) is 0 Å². The number of hydrogen-bond acceptors (Lipinski definition) is 3. The summed E-state index contributed by atoms with van der Waals surface area (Å²) in [6, 6.07) is 53.2. The Morgan fingerprint density at radius 3 is 1.86 bits per heavy atom. The zero-order chi connectivity index (χ0) is 28.3. The normalized spacial score (nSPS) is 11.7. The molecular formula is C40H25NO2. The molecule has 43 heavy (non-hydrogen) atoms. The molecule has 9 rings (SSSR count). The molecule has 0 bridgehead atoms. The van der Waals surface area contributed by atoms with Crippen LogP contribution in [0.15, 0.2) is 160 Å². The number of rotatable bonds is 4. The van der Waals surface area contributed by atoms with Gasteiger partial charge >= 0.3 is 0 Å². The van der Waals surface area contributed by atoms with E-state index in [1.807, 2.05) is 30.3 Å². The highest BCUT2D eigenvalue weighted by Crippen LogP contribution is 2.43. The van der Waals surface area contributed by atoms with Gasteiger partial charge in [-0.2, -0.15) is 0 Å². The summed E-state index contributed by atoms with van der Waals surface area (Å²) in [5, 5.41) is 6.89. The predicted octanol–water partition coefficient (Wildman–Crippen LogP) is 11.8. The maximum atomic E-state index is 6.24. The monoisotopic (exact) mass is 551 g/mol. The minimum Gasteiger partial charge on any atom is -0.456 e. The molecule has 0 radical (unpaired) electrons. The molecule has 7 aromatic carbocycles. The number of nitrogens with zero attached hydrogens (tertiary/aromatic N) is 1. The number of benzene rings is 7.